The van der Waals surface area contributed by atoms with Gasteiger partial charge in [-0.1, -0.05) is 48.7 Å². The molecule has 9 heteroatoms. The van der Waals surface area contributed by atoms with Gasteiger partial charge in [0.15, 0.2) is 10.9 Å². The van der Waals surface area contributed by atoms with Crippen LogP contribution in [-0.4, -0.2) is 26.8 Å². The number of amides is 1. The summed E-state index contributed by atoms with van der Waals surface area (Å²) in [5.41, 5.74) is 1.24. The summed E-state index contributed by atoms with van der Waals surface area (Å²) in [6.45, 7) is 5.31. The fraction of sp³-hybridized carbons (Fsp3) is 0.438. The third-order valence-corrected chi connectivity index (χ3v) is 3.93. The van der Waals surface area contributed by atoms with Crippen molar-refractivity contribution in [3.63, 3.8) is 0 Å². The number of hydrogen-bond donors (Lipinski definition) is 3. The molecule has 0 aliphatic rings. The minimum atomic E-state index is -1.79. The van der Waals surface area contributed by atoms with Gasteiger partial charge in [-0.05, 0) is 49.3 Å². The summed E-state index contributed by atoms with van der Waals surface area (Å²) >= 11 is 22.9. The van der Waals surface area contributed by atoms with Gasteiger partial charge >= 0.3 is 0 Å². The maximum atomic E-state index is 11.9. The SMILES string of the molecule is CC(=O)c1ccc(NC(=S)N[C@H](NC(=O)CC(C)C)C(Cl)(Cl)Cl)cc1. The number of benzene rings is 1. The van der Waals surface area contributed by atoms with E-state index in [-0.39, 0.29) is 22.7 Å². The van der Waals surface area contributed by atoms with Gasteiger partial charge in [-0.2, -0.15) is 0 Å². The molecule has 1 atom stereocenters. The predicted octanol–water partition coefficient (Wildman–Crippen LogP) is 4.03. The Balaban J connectivity index is 2.71. The number of thiocarbonyl (C=S) groups is 1. The van der Waals surface area contributed by atoms with Crippen molar-refractivity contribution >= 4 is 69.5 Å². The van der Waals surface area contributed by atoms with Crippen LogP contribution in [0, 0.1) is 5.92 Å². The second-order valence-corrected chi connectivity index (χ2v) is 8.65. The summed E-state index contributed by atoms with van der Waals surface area (Å²) in [5, 5.41) is 8.45. The molecule has 0 radical (unpaired) electrons. The summed E-state index contributed by atoms with van der Waals surface area (Å²) < 4.78 is -1.79. The van der Waals surface area contributed by atoms with Gasteiger partial charge in [-0.25, -0.2) is 0 Å². The smallest absolute Gasteiger partial charge is 0.228 e. The van der Waals surface area contributed by atoms with Crippen LogP contribution in [0.25, 0.3) is 0 Å². The Morgan fingerprint density at radius 3 is 2.12 bits per heavy atom. The van der Waals surface area contributed by atoms with E-state index in [0.29, 0.717) is 17.7 Å². The number of nitrogens with one attached hydrogen (secondary N) is 3. The summed E-state index contributed by atoms with van der Waals surface area (Å²) in [4.78, 5) is 23.2. The molecule has 0 aromatic heterocycles. The quantitative estimate of drug-likeness (QED) is 0.278. The second kappa shape index (κ2) is 9.57. The first-order valence-corrected chi connectivity index (χ1v) is 9.08. The first kappa shape index (κ1) is 22.0. The molecule has 0 saturated heterocycles. The molecule has 0 fully saturated rings. The van der Waals surface area contributed by atoms with Crippen LogP contribution in [0.15, 0.2) is 24.3 Å². The number of alkyl halides is 3. The number of carbonyl (C=O) groups excluding carboxylic acids is 2. The Bertz CT molecular complexity index is 631. The zero-order valence-electron chi connectivity index (χ0n) is 14.0. The maximum absolute atomic E-state index is 11.9. The summed E-state index contributed by atoms with van der Waals surface area (Å²) in [6, 6.07) is 6.74. The molecule has 0 spiro atoms. The van der Waals surface area contributed by atoms with Gasteiger partial charge in [0.1, 0.15) is 6.17 Å². The summed E-state index contributed by atoms with van der Waals surface area (Å²) in [7, 11) is 0. The molecule has 1 aromatic rings. The van der Waals surface area contributed by atoms with Crippen molar-refractivity contribution < 1.29 is 9.59 Å². The van der Waals surface area contributed by atoms with Gasteiger partial charge < -0.3 is 16.0 Å². The lowest BCUT2D eigenvalue weighted by atomic mass is 10.1. The highest BCUT2D eigenvalue weighted by molar-refractivity contribution is 7.80. The largest absolute Gasteiger partial charge is 0.339 e. The molecule has 0 bridgehead atoms. The van der Waals surface area contributed by atoms with E-state index in [0.717, 1.165) is 0 Å². The van der Waals surface area contributed by atoms with Crippen molar-refractivity contribution in [3.05, 3.63) is 29.8 Å². The number of carbonyl (C=O) groups is 2. The van der Waals surface area contributed by atoms with E-state index in [2.05, 4.69) is 16.0 Å². The van der Waals surface area contributed by atoms with E-state index in [4.69, 9.17) is 47.0 Å². The van der Waals surface area contributed by atoms with Gasteiger partial charge in [-0.15, -0.1) is 0 Å². The molecule has 25 heavy (non-hydrogen) atoms. The molecule has 0 aliphatic heterocycles. The number of rotatable bonds is 6. The van der Waals surface area contributed by atoms with Crippen molar-refractivity contribution in [2.45, 2.75) is 37.2 Å². The maximum Gasteiger partial charge on any atom is 0.228 e. The third kappa shape index (κ3) is 8.23. The highest BCUT2D eigenvalue weighted by Gasteiger charge is 2.34. The first-order valence-electron chi connectivity index (χ1n) is 7.53. The molecular formula is C16H20Cl3N3O2S. The average Bonchev–Trinajstić information content (AvgIpc) is 2.45. The molecule has 1 amide bonds. The molecule has 138 valence electrons. The highest BCUT2D eigenvalue weighted by atomic mass is 35.6. The molecule has 0 unspecified atom stereocenters. The molecule has 1 aromatic carbocycles. The Morgan fingerprint density at radius 1 is 1.12 bits per heavy atom. The van der Waals surface area contributed by atoms with Crippen LogP contribution in [0.3, 0.4) is 0 Å². The van der Waals surface area contributed by atoms with Gasteiger partial charge in [0.25, 0.3) is 0 Å². The van der Waals surface area contributed by atoms with E-state index >= 15 is 0 Å². The first-order chi connectivity index (χ1) is 11.5. The predicted molar refractivity (Wildman–Crippen MR) is 107 cm³/mol. The minimum absolute atomic E-state index is 0.0311. The van der Waals surface area contributed by atoms with Crippen LogP contribution >= 0.6 is 47.0 Å². The van der Waals surface area contributed by atoms with E-state index in [1.54, 1.807) is 24.3 Å². The normalized spacial score (nSPS) is 12.4. The zero-order valence-corrected chi connectivity index (χ0v) is 17.1. The van der Waals surface area contributed by atoms with Crippen molar-refractivity contribution in [3.8, 4) is 0 Å². The molecule has 0 saturated carbocycles. The van der Waals surface area contributed by atoms with Crippen molar-refractivity contribution in [2.24, 2.45) is 5.92 Å². The van der Waals surface area contributed by atoms with Crippen LogP contribution < -0.4 is 16.0 Å². The van der Waals surface area contributed by atoms with Crippen LogP contribution in [0.1, 0.15) is 37.6 Å². The van der Waals surface area contributed by atoms with Gasteiger partial charge in [0.2, 0.25) is 9.70 Å². The van der Waals surface area contributed by atoms with E-state index in [1.165, 1.54) is 6.92 Å². The number of Topliss-reactive ketones (excluding diaryl/α,β-unsaturated/α-hetero) is 1. The van der Waals surface area contributed by atoms with Crippen LogP contribution in [0.2, 0.25) is 0 Å². The molecule has 0 aliphatic carbocycles. The monoisotopic (exact) mass is 423 g/mol. The Labute approximate surface area is 167 Å². The van der Waals surface area contributed by atoms with E-state index in [1.807, 2.05) is 13.8 Å². The van der Waals surface area contributed by atoms with Gasteiger partial charge in [0.05, 0.1) is 0 Å². The Hall–Kier alpha value is -1.08. The second-order valence-electron chi connectivity index (χ2n) is 5.87. The topological polar surface area (TPSA) is 70.2 Å². The Kier molecular flexibility index (Phi) is 8.41. The van der Waals surface area contributed by atoms with Crippen LogP contribution in [-0.2, 0) is 4.79 Å². The lowest BCUT2D eigenvalue weighted by Crippen LogP contribution is -2.56. The third-order valence-electron chi connectivity index (χ3n) is 3.05. The van der Waals surface area contributed by atoms with Gasteiger partial charge in [-0.3, -0.25) is 9.59 Å². The molecule has 3 N–H and O–H groups in total. The molecule has 0 heterocycles. The lowest BCUT2D eigenvalue weighted by Gasteiger charge is -2.28. The van der Waals surface area contributed by atoms with Crippen molar-refractivity contribution in [2.75, 3.05) is 5.32 Å². The van der Waals surface area contributed by atoms with E-state index < -0.39 is 9.96 Å². The number of ketones is 1. The summed E-state index contributed by atoms with van der Waals surface area (Å²) in [5.74, 6) is -0.121. The van der Waals surface area contributed by atoms with Crippen LogP contribution in [0.5, 0.6) is 0 Å². The molecular weight excluding hydrogens is 405 g/mol. The fourth-order valence-electron chi connectivity index (χ4n) is 1.88. The number of halogens is 3. The van der Waals surface area contributed by atoms with Gasteiger partial charge in [0, 0.05) is 17.7 Å². The van der Waals surface area contributed by atoms with Crippen molar-refractivity contribution in [1.82, 2.24) is 10.6 Å². The molecule has 5 nitrogen and oxygen atoms in total. The minimum Gasteiger partial charge on any atom is -0.339 e. The van der Waals surface area contributed by atoms with E-state index in [9.17, 15) is 9.59 Å². The fourth-order valence-corrected chi connectivity index (χ4v) is 2.44. The Morgan fingerprint density at radius 2 is 1.68 bits per heavy atom. The number of anilines is 1. The zero-order chi connectivity index (χ0) is 19.2. The van der Waals surface area contributed by atoms with Crippen molar-refractivity contribution in [1.29, 1.82) is 0 Å². The summed E-state index contributed by atoms with van der Waals surface area (Å²) in [6.07, 6.45) is -0.703. The van der Waals surface area contributed by atoms with Crippen LogP contribution in [0.4, 0.5) is 5.69 Å². The molecule has 1 rings (SSSR count). The number of hydrogen-bond acceptors (Lipinski definition) is 3. The standard InChI is InChI=1S/C16H20Cl3N3O2S/c1-9(2)8-13(24)21-14(16(17,18)19)22-15(25)20-12-6-4-11(5-7-12)10(3)23/h4-7,9,14H,8H2,1-3H3,(H,21,24)(H2,20,22,25)/t14-/m0/s1. The lowest BCUT2D eigenvalue weighted by molar-refractivity contribution is -0.122. The highest BCUT2D eigenvalue weighted by Crippen LogP contribution is 2.29. The average molecular weight is 425 g/mol.